The van der Waals surface area contributed by atoms with Gasteiger partial charge in [-0.25, -0.2) is 4.68 Å². The second kappa shape index (κ2) is 8.18. The molecule has 0 aliphatic rings. The van der Waals surface area contributed by atoms with Crippen molar-refractivity contribution in [3.8, 4) is 11.4 Å². The van der Waals surface area contributed by atoms with Crippen LogP contribution in [0, 0.1) is 6.92 Å². The molecule has 3 aromatic rings. The van der Waals surface area contributed by atoms with Gasteiger partial charge in [-0.1, -0.05) is 34.1 Å². The van der Waals surface area contributed by atoms with Crippen LogP contribution in [0.1, 0.15) is 21.7 Å². The molecular weight excluding hydrogens is 410 g/mol. The first-order valence-electron chi connectivity index (χ1n) is 8.26. The van der Waals surface area contributed by atoms with Crippen molar-refractivity contribution in [2.24, 2.45) is 0 Å². The monoisotopic (exact) mass is 427 g/mol. The molecule has 0 aliphatic heterocycles. The lowest BCUT2D eigenvalue weighted by Crippen LogP contribution is -2.31. The van der Waals surface area contributed by atoms with E-state index in [1.54, 1.807) is 24.8 Å². The summed E-state index contributed by atoms with van der Waals surface area (Å²) in [7, 11) is 1.56. The Balaban J connectivity index is 1.87. The lowest BCUT2D eigenvalue weighted by molar-refractivity contribution is 0.0942. The summed E-state index contributed by atoms with van der Waals surface area (Å²) in [5.41, 5.74) is 1.64. The molecule has 27 heavy (non-hydrogen) atoms. The van der Waals surface area contributed by atoms with Crippen molar-refractivity contribution in [1.29, 1.82) is 0 Å². The number of rotatable bonds is 5. The molecule has 1 N–H and O–H groups in total. The van der Waals surface area contributed by atoms with E-state index < -0.39 is 11.3 Å². The SMILES string of the molecule is COc1ccc(Br)cc1CNC(=O)c1nn(-c2ccccc2)c(C)cc1=O. The number of hydrogen-bond acceptors (Lipinski definition) is 4. The molecule has 0 spiro atoms. The standard InChI is InChI=1S/C20H18BrN3O3/c1-13-10-17(25)19(23-24(13)16-6-4-3-5-7-16)20(26)22-12-14-11-15(21)8-9-18(14)27-2/h3-11H,12H2,1-2H3,(H,22,26). The van der Waals surface area contributed by atoms with Gasteiger partial charge >= 0.3 is 0 Å². The van der Waals surface area contributed by atoms with Crippen molar-refractivity contribution < 1.29 is 9.53 Å². The van der Waals surface area contributed by atoms with Crippen LogP contribution in [0.15, 0.2) is 63.9 Å². The van der Waals surface area contributed by atoms with Crippen LogP contribution in [0.25, 0.3) is 5.69 Å². The fourth-order valence-electron chi connectivity index (χ4n) is 2.68. The highest BCUT2D eigenvalue weighted by Crippen LogP contribution is 2.22. The van der Waals surface area contributed by atoms with Crippen molar-refractivity contribution in [1.82, 2.24) is 15.1 Å². The van der Waals surface area contributed by atoms with Crippen molar-refractivity contribution >= 4 is 21.8 Å². The maximum absolute atomic E-state index is 12.6. The zero-order chi connectivity index (χ0) is 19.4. The number of aromatic nitrogens is 2. The zero-order valence-electron chi connectivity index (χ0n) is 14.9. The van der Waals surface area contributed by atoms with Gasteiger partial charge in [-0.15, -0.1) is 0 Å². The molecule has 0 bridgehead atoms. The second-order valence-corrected chi connectivity index (χ2v) is 6.80. The lowest BCUT2D eigenvalue weighted by Gasteiger charge is -2.12. The third kappa shape index (κ3) is 4.25. The molecular formula is C20H18BrN3O3. The number of para-hydroxylation sites is 1. The average Bonchev–Trinajstić information content (AvgIpc) is 2.67. The van der Waals surface area contributed by atoms with Gasteiger partial charge in [0.15, 0.2) is 5.69 Å². The number of hydrogen-bond donors (Lipinski definition) is 1. The summed E-state index contributed by atoms with van der Waals surface area (Å²) in [5, 5.41) is 7.01. The maximum Gasteiger partial charge on any atom is 0.276 e. The van der Waals surface area contributed by atoms with E-state index in [1.165, 1.54) is 6.07 Å². The fourth-order valence-corrected chi connectivity index (χ4v) is 3.09. The molecule has 0 aliphatic carbocycles. The topological polar surface area (TPSA) is 73.2 Å². The number of methoxy groups -OCH3 is 1. The third-order valence-corrected chi connectivity index (χ3v) is 4.50. The molecule has 0 saturated carbocycles. The number of halogens is 1. The summed E-state index contributed by atoms with van der Waals surface area (Å²) in [5.74, 6) is 0.115. The highest BCUT2D eigenvalue weighted by atomic mass is 79.9. The van der Waals surface area contributed by atoms with E-state index in [4.69, 9.17) is 4.74 Å². The first-order chi connectivity index (χ1) is 13.0. The fraction of sp³-hybridized carbons (Fsp3) is 0.150. The molecule has 0 fully saturated rings. The quantitative estimate of drug-likeness (QED) is 0.678. The Morgan fingerprint density at radius 2 is 1.93 bits per heavy atom. The van der Waals surface area contributed by atoms with Crippen LogP contribution >= 0.6 is 15.9 Å². The predicted molar refractivity (Wildman–Crippen MR) is 106 cm³/mol. The van der Waals surface area contributed by atoms with Crippen LogP contribution in [0.4, 0.5) is 0 Å². The first kappa shape index (κ1) is 18.8. The van der Waals surface area contributed by atoms with Crippen molar-refractivity contribution in [3.63, 3.8) is 0 Å². The lowest BCUT2D eigenvalue weighted by atomic mass is 10.2. The molecule has 1 aromatic heterocycles. The van der Waals surface area contributed by atoms with Crippen LogP contribution in [0.5, 0.6) is 5.75 Å². The van der Waals surface area contributed by atoms with Gasteiger partial charge in [0.2, 0.25) is 5.43 Å². The Hall–Kier alpha value is -2.93. The summed E-state index contributed by atoms with van der Waals surface area (Å²) >= 11 is 3.40. The zero-order valence-corrected chi connectivity index (χ0v) is 16.5. The number of carbonyl (C=O) groups excluding carboxylic acids is 1. The highest BCUT2D eigenvalue weighted by Gasteiger charge is 2.16. The van der Waals surface area contributed by atoms with E-state index in [2.05, 4.69) is 26.3 Å². The maximum atomic E-state index is 12.6. The molecule has 0 radical (unpaired) electrons. The average molecular weight is 428 g/mol. The van der Waals surface area contributed by atoms with Gasteiger partial charge in [0.05, 0.1) is 12.8 Å². The van der Waals surface area contributed by atoms with Crippen LogP contribution in [0.3, 0.4) is 0 Å². The smallest absolute Gasteiger partial charge is 0.276 e. The molecule has 1 amide bonds. The second-order valence-electron chi connectivity index (χ2n) is 5.88. The Bertz CT molecular complexity index is 1030. The molecule has 2 aromatic carbocycles. The molecule has 6 nitrogen and oxygen atoms in total. The summed E-state index contributed by atoms with van der Waals surface area (Å²) in [6.07, 6.45) is 0. The number of nitrogens with zero attached hydrogens (tertiary/aromatic N) is 2. The minimum absolute atomic E-state index is 0.154. The van der Waals surface area contributed by atoms with E-state index >= 15 is 0 Å². The van der Waals surface area contributed by atoms with Gasteiger partial charge < -0.3 is 10.1 Å². The van der Waals surface area contributed by atoms with Crippen molar-refractivity contribution in [3.05, 3.63) is 86.2 Å². The third-order valence-electron chi connectivity index (χ3n) is 4.01. The largest absolute Gasteiger partial charge is 0.496 e. The van der Waals surface area contributed by atoms with Crippen LogP contribution in [-0.4, -0.2) is 22.8 Å². The normalized spacial score (nSPS) is 10.5. The van der Waals surface area contributed by atoms with Gasteiger partial charge in [-0.2, -0.15) is 5.10 Å². The number of aryl methyl sites for hydroxylation is 1. The van der Waals surface area contributed by atoms with Gasteiger partial charge in [0.1, 0.15) is 5.75 Å². The number of nitrogens with one attached hydrogen (secondary N) is 1. The molecule has 3 rings (SSSR count). The molecule has 138 valence electrons. The highest BCUT2D eigenvalue weighted by molar-refractivity contribution is 9.10. The molecule has 7 heteroatoms. The van der Waals surface area contributed by atoms with Gasteiger partial charge in [0, 0.05) is 28.3 Å². The van der Waals surface area contributed by atoms with Gasteiger partial charge in [0.25, 0.3) is 5.91 Å². The van der Waals surface area contributed by atoms with Crippen LogP contribution in [0.2, 0.25) is 0 Å². The Morgan fingerprint density at radius 3 is 2.63 bits per heavy atom. The number of benzene rings is 2. The van der Waals surface area contributed by atoms with Crippen LogP contribution < -0.4 is 15.5 Å². The van der Waals surface area contributed by atoms with Crippen molar-refractivity contribution in [2.75, 3.05) is 7.11 Å². The summed E-state index contributed by atoms with van der Waals surface area (Å²) in [6, 6.07) is 16.3. The van der Waals surface area contributed by atoms with Gasteiger partial charge in [-0.05, 0) is 37.3 Å². The molecule has 0 atom stereocenters. The van der Waals surface area contributed by atoms with E-state index in [1.807, 2.05) is 42.5 Å². The Morgan fingerprint density at radius 1 is 1.19 bits per heavy atom. The van der Waals surface area contributed by atoms with E-state index in [0.29, 0.717) is 11.4 Å². The Labute approximate surface area is 164 Å². The van der Waals surface area contributed by atoms with Gasteiger partial charge in [-0.3, -0.25) is 9.59 Å². The van der Waals surface area contributed by atoms with E-state index in [9.17, 15) is 9.59 Å². The van der Waals surface area contributed by atoms with E-state index in [-0.39, 0.29) is 12.2 Å². The summed E-state index contributed by atoms with van der Waals surface area (Å²) < 4.78 is 7.75. The molecule has 0 saturated heterocycles. The van der Waals surface area contributed by atoms with Crippen LogP contribution in [-0.2, 0) is 6.54 Å². The molecule has 1 heterocycles. The summed E-state index contributed by atoms with van der Waals surface area (Å²) in [6.45, 7) is 1.98. The summed E-state index contributed by atoms with van der Waals surface area (Å²) in [4.78, 5) is 24.9. The number of amides is 1. The number of ether oxygens (including phenoxy) is 1. The predicted octanol–water partition coefficient (Wildman–Crippen LogP) is 3.24. The number of carbonyl (C=O) groups is 1. The first-order valence-corrected chi connectivity index (χ1v) is 9.06. The minimum Gasteiger partial charge on any atom is -0.496 e. The van der Waals surface area contributed by atoms with Crippen molar-refractivity contribution in [2.45, 2.75) is 13.5 Å². The minimum atomic E-state index is -0.535. The Kier molecular flexibility index (Phi) is 5.71. The van der Waals surface area contributed by atoms with E-state index in [0.717, 1.165) is 15.7 Å². The molecule has 0 unspecified atom stereocenters.